The first kappa shape index (κ1) is 55.1. The molecule has 10 rings (SSSR count). The van der Waals surface area contributed by atoms with Gasteiger partial charge < -0.3 is 39.4 Å². The molecule has 5 atom stereocenters. The van der Waals surface area contributed by atoms with Crippen LogP contribution in [0.1, 0.15) is 147 Å². The molecule has 9 aliphatic rings. The molecule has 0 spiro atoms. The molecule has 16 heteroatoms. The second-order valence-corrected chi connectivity index (χ2v) is 21.1. The van der Waals surface area contributed by atoms with Gasteiger partial charge >= 0.3 is 17.9 Å². The highest BCUT2D eigenvalue weighted by Crippen LogP contribution is 2.35. The Morgan fingerprint density at radius 1 is 0.594 bits per heavy atom. The van der Waals surface area contributed by atoms with Gasteiger partial charge in [-0.1, -0.05) is 57.4 Å². The number of benzene rings is 1. The van der Waals surface area contributed by atoms with Crippen molar-refractivity contribution in [2.75, 3.05) is 86.3 Å². The van der Waals surface area contributed by atoms with Crippen LogP contribution in [0.3, 0.4) is 0 Å². The fraction of sp³-hybridized carbons (Fsp3) is 0.811. The highest BCUT2D eigenvalue weighted by atomic mass is 35.5. The SMILES string of the molecule is COC(=O)C1CCCC1.COC(=O)C1CCN(C2CCCC2)C1.Cl.O=C(N[C@H](CN1CCCC1)[C@H](O)c1ccc2c(c1)OCCO2)C1CCN(C2CCCC2)C1.O=C(O)C1CCN(C2CCCC2)C1. The molecule has 1 aromatic rings. The number of hydrogen-bond donors (Lipinski definition) is 3. The molecule has 69 heavy (non-hydrogen) atoms. The average Bonchev–Trinajstić information content (AvgIpc) is 4.21. The van der Waals surface area contributed by atoms with E-state index in [-0.39, 0.29) is 60.0 Å². The number of amides is 1. The number of halogens is 1. The van der Waals surface area contributed by atoms with Gasteiger partial charge in [0.1, 0.15) is 19.3 Å². The number of fused-ring (bicyclic) bond motifs is 1. The van der Waals surface area contributed by atoms with Crippen LogP contribution in [0.15, 0.2) is 18.2 Å². The van der Waals surface area contributed by atoms with Crippen molar-refractivity contribution in [1.82, 2.24) is 24.9 Å². The van der Waals surface area contributed by atoms with Gasteiger partial charge in [-0.3, -0.25) is 33.9 Å². The molecule has 8 fully saturated rings. The lowest BCUT2D eigenvalue weighted by atomic mass is 9.99. The molecular formula is C53H86ClN5O10. The number of esters is 2. The number of likely N-dealkylation sites (tertiary alicyclic amines) is 4. The van der Waals surface area contributed by atoms with Crippen molar-refractivity contribution in [2.24, 2.45) is 23.7 Å². The van der Waals surface area contributed by atoms with E-state index in [9.17, 15) is 24.3 Å². The maximum atomic E-state index is 13.2. The van der Waals surface area contributed by atoms with Crippen molar-refractivity contribution < 1.29 is 48.3 Å². The molecule has 3 N–H and O–H groups in total. The monoisotopic (exact) mass is 988 g/mol. The summed E-state index contributed by atoms with van der Waals surface area (Å²) in [6, 6.07) is 7.38. The lowest BCUT2D eigenvalue weighted by Gasteiger charge is -2.30. The minimum Gasteiger partial charge on any atom is -0.486 e. The van der Waals surface area contributed by atoms with Gasteiger partial charge in [-0.05, 0) is 134 Å². The van der Waals surface area contributed by atoms with Crippen LogP contribution in [0.25, 0.3) is 0 Å². The van der Waals surface area contributed by atoms with Crippen molar-refractivity contribution in [3.8, 4) is 11.5 Å². The Labute approximate surface area is 418 Å². The van der Waals surface area contributed by atoms with Gasteiger partial charge in [-0.15, -0.1) is 12.4 Å². The number of carboxylic acids is 1. The first-order valence-electron chi connectivity index (χ1n) is 26.8. The minimum atomic E-state index is -0.789. The lowest BCUT2D eigenvalue weighted by Crippen LogP contribution is -2.49. The third-order valence-electron chi connectivity index (χ3n) is 16.6. The summed E-state index contributed by atoms with van der Waals surface area (Å²) in [5.74, 6) is 1.09. The van der Waals surface area contributed by atoms with E-state index >= 15 is 0 Å². The molecule has 4 aliphatic carbocycles. The molecule has 1 aromatic carbocycles. The molecular weight excluding hydrogens is 902 g/mol. The van der Waals surface area contributed by atoms with Gasteiger partial charge in [0.2, 0.25) is 5.91 Å². The average molecular weight is 989 g/mol. The second kappa shape index (κ2) is 28.1. The van der Waals surface area contributed by atoms with E-state index in [0.717, 1.165) is 96.1 Å². The van der Waals surface area contributed by atoms with Gasteiger partial charge in [-0.25, -0.2) is 0 Å². The fourth-order valence-corrected chi connectivity index (χ4v) is 12.5. The van der Waals surface area contributed by atoms with Gasteiger partial charge in [0.25, 0.3) is 0 Å². The molecule has 5 heterocycles. The number of aliphatic hydroxyl groups excluding tert-OH is 1. The zero-order chi connectivity index (χ0) is 47.8. The summed E-state index contributed by atoms with van der Waals surface area (Å²) >= 11 is 0. The highest BCUT2D eigenvalue weighted by molar-refractivity contribution is 5.85. The normalized spacial score (nSPS) is 26.7. The van der Waals surface area contributed by atoms with E-state index < -0.39 is 12.1 Å². The quantitative estimate of drug-likeness (QED) is 0.186. The Balaban J connectivity index is 0.000000174. The Hall–Kier alpha value is -3.21. The first-order valence-corrected chi connectivity index (χ1v) is 26.8. The van der Waals surface area contributed by atoms with Crippen LogP contribution in [0, 0.1) is 23.7 Å². The molecule has 0 aromatic heterocycles. The van der Waals surface area contributed by atoms with Crippen molar-refractivity contribution in [1.29, 1.82) is 0 Å². The van der Waals surface area contributed by atoms with Crippen LogP contribution in [0.4, 0.5) is 0 Å². The number of aliphatic carboxylic acids is 1. The second-order valence-electron chi connectivity index (χ2n) is 21.1. The summed E-state index contributed by atoms with van der Waals surface area (Å²) in [7, 11) is 2.95. The number of carboxylic acid groups (broad SMARTS) is 1. The van der Waals surface area contributed by atoms with Crippen LogP contribution in [0.5, 0.6) is 11.5 Å². The van der Waals surface area contributed by atoms with E-state index in [1.54, 1.807) is 0 Å². The molecule has 0 bridgehead atoms. The van der Waals surface area contributed by atoms with Crippen LogP contribution in [0.2, 0.25) is 0 Å². The van der Waals surface area contributed by atoms with E-state index in [4.69, 9.17) is 19.3 Å². The van der Waals surface area contributed by atoms with E-state index in [1.807, 2.05) is 18.2 Å². The fourth-order valence-electron chi connectivity index (χ4n) is 12.5. The maximum Gasteiger partial charge on any atom is 0.310 e. The Morgan fingerprint density at radius 2 is 1.04 bits per heavy atom. The van der Waals surface area contributed by atoms with Gasteiger partial charge in [-0.2, -0.15) is 0 Å². The number of aliphatic hydroxyl groups is 1. The molecule has 4 saturated heterocycles. The van der Waals surface area contributed by atoms with E-state index in [2.05, 4.69) is 29.7 Å². The summed E-state index contributed by atoms with van der Waals surface area (Å²) in [6.07, 6.45) is 24.6. The van der Waals surface area contributed by atoms with Crippen LogP contribution in [-0.2, 0) is 28.7 Å². The standard InChI is InChI=1S/C25H37N3O4.C11H19NO2.C10H17NO2.C7H12O2.ClH/c29-24(18-7-8-22-23(15-18)32-14-13-31-22)21(17-27-10-3-4-11-27)26-25(30)19-9-12-28(16-19)20-5-1-2-6-20;1-14-11(13)9-6-7-12(8-9)10-4-2-3-5-10;12-10(13)8-5-6-11(7-8)9-3-1-2-4-9;1-9-7(8)6-4-2-3-5-6;/h7-8,15,19-21,24,29H,1-6,9-14,16-17H2,(H,26,30);9-10H,2-8H2,1H3;8-9H,1-7H2,(H,12,13);6H,2-5H2,1H3;1H/t19?,21-,24-;;;;/m1..../s1. The number of nitrogens with one attached hydrogen (secondary N) is 1. The topological polar surface area (TPSA) is 171 Å². The van der Waals surface area contributed by atoms with Crippen molar-refractivity contribution in [3.05, 3.63) is 23.8 Å². The molecule has 1 amide bonds. The molecule has 4 saturated carbocycles. The largest absolute Gasteiger partial charge is 0.486 e. The molecule has 390 valence electrons. The number of methoxy groups -OCH3 is 2. The minimum absolute atomic E-state index is 0. The number of ether oxygens (including phenoxy) is 4. The first-order chi connectivity index (χ1) is 33.1. The van der Waals surface area contributed by atoms with Gasteiger partial charge in [0.15, 0.2) is 11.5 Å². The predicted molar refractivity (Wildman–Crippen MR) is 267 cm³/mol. The maximum absolute atomic E-state index is 13.2. The summed E-state index contributed by atoms with van der Waals surface area (Å²) in [5.41, 5.74) is 0.762. The summed E-state index contributed by atoms with van der Waals surface area (Å²) in [6.45, 7) is 9.46. The Kier molecular flexibility index (Phi) is 22.5. The summed E-state index contributed by atoms with van der Waals surface area (Å²) in [4.78, 5) is 55.8. The molecule has 15 nitrogen and oxygen atoms in total. The van der Waals surface area contributed by atoms with Crippen molar-refractivity contribution in [2.45, 2.75) is 165 Å². The zero-order valence-corrected chi connectivity index (χ0v) is 42.7. The van der Waals surface area contributed by atoms with E-state index in [1.165, 1.54) is 117 Å². The van der Waals surface area contributed by atoms with Gasteiger partial charge in [0, 0.05) is 44.3 Å². The Bertz CT molecular complexity index is 1750. The zero-order valence-electron chi connectivity index (χ0n) is 41.9. The smallest absolute Gasteiger partial charge is 0.310 e. The predicted octanol–water partition coefficient (Wildman–Crippen LogP) is 6.87. The molecule has 3 unspecified atom stereocenters. The number of hydrogen-bond acceptors (Lipinski definition) is 13. The number of nitrogens with zero attached hydrogens (tertiary/aromatic N) is 4. The highest BCUT2D eigenvalue weighted by Gasteiger charge is 2.37. The number of carbonyl (C=O) groups excluding carboxylic acids is 3. The third kappa shape index (κ3) is 15.9. The van der Waals surface area contributed by atoms with Crippen molar-refractivity contribution in [3.63, 3.8) is 0 Å². The molecule has 5 aliphatic heterocycles. The van der Waals surface area contributed by atoms with Crippen molar-refractivity contribution >= 4 is 36.2 Å². The number of carbonyl (C=O) groups is 4. The van der Waals surface area contributed by atoms with Crippen LogP contribution >= 0.6 is 12.4 Å². The number of rotatable bonds is 12. The van der Waals surface area contributed by atoms with E-state index in [0.29, 0.717) is 43.3 Å². The van der Waals surface area contributed by atoms with Gasteiger partial charge in [0.05, 0.1) is 43.9 Å². The lowest BCUT2D eigenvalue weighted by molar-refractivity contribution is -0.145. The third-order valence-corrected chi connectivity index (χ3v) is 16.6. The summed E-state index contributed by atoms with van der Waals surface area (Å²) < 4.78 is 20.7. The van der Waals surface area contributed by atoms with Crippen LogP contribution in [-0.4, -0.2) is 164 Å². The molecule has 0 radical (unpaired) electrons. The summed E-state index contributed by atoms with van der Waals surface area (Å²) in [5, 5.41) is 23.4. The Morgan fingerprint density at radius 3 is 1.55 bits per heavy atom. The van der Waals surface area contributed by atoms with Crippen LogP contribution < -0.4 is 14.8 Å².